The molecule has 1 saturated carbocycles. The smallest absolute Gasteiger partial charge is 0.273 e. The molecule has 1 fully saturated rings. The largest absolute Gasteiger partial charge is 0.396 e. The van der Waals surface area contributed by atoms with Crippen molar-refractivity contribution >= 4 is 5.91 Å². The van der Waals surface area contributed by atoms with E-state index >= 15 is 0 Å². The van der Waals surface area contributed by atoms with Crippen molar-refractivity contribution < 1.29 is 14.3 Å². The molecule has 7 heteroatoms. The van der Waals surface area contributed by atoms with Gasteiger partial charge in [0.05, 0.1) is 11.9 Å². The Morgan fingerprint density at radius 1 is 1.25 bits per heavy atom. The SMILES string of the molecule is O=C(NC1CCCCCC1CO)c1cnn(-c2ccc(F)cc2)n1. The molecule has 2 atom stereocenters. The highest BCUT2D eigenvalue weighted by Crippen LogP contribution is 2.23. The van der Waals surface area contributed by atoms with Gasteiger partial charge in [-0.1, -0.05) is 19.3 Å². The maximum atomic E-state index is 13.0. The van der Waals surface area contributed by atoms with Gasteiger partial charge in [-0.05, 0) is 37.1 Å². The van der Waals surface area contributed by atoms with Crippen LogP contribution >= 0.6 is 0 Å². The topological polar surface area (TPSA) is 80.0 Å². The van der Waals surface area contributed by atoms with Crippen LogP contribution < -0.4 is 5.32 Å². The maximum Gasteiger partial charge on any atom is 0.273 e. The van der Waals surface area contributed by atoms with Gasteiger partial charge in [-0.15, -0.1) is 5.10 Å². The lowest BCUT2D eigenvalue weighted by atomic mass is 9.95. The van der Waals surface area contributed by atoms with Crippen molar-refractivity contribution in [2.24, 2.45) is 5.92 Å². The van der Waals surface area contributed by atoms with Gasteiger partial charge in [0.2, 0.25) is 0 Å². The van der Waals surface area contributed by atoms with Crippen LogP contribution in [0.2, 0.25) is 0 Å². The number of aromatic nitrogens is 3. The number of carbonyl (C=O) groups excluding carboxylic acids is 1. The highest BCUT2D eigenvalue weighted by Gasteiger charge is 2.25. The molecule has 128 valence electrons. The zero-order valence-electron chi connectivity index (χ0n) is 13.4. The average Bonchev–Trinajstić information content (AvgIpc) is 2.97. The van der Waals surface area contributed by atoms with Crippen LogP contribution in [0.1, 0.15) is 42.6 Å². The number of amides is 1. The van der Waals surface area contributed by atoms with E-state index in [2.05, 4.69) is 15.5 Å². The maximum absolute atomic E-state index is 13.0. The van der Waals surface area contributed by atoms with E-state index in [1.54, 1.807) is 12.1 Å². The summed E-state index contributed by atoms with van der Waals surface area (Å²) in [5, 5.41) is 20.7. The van der Waals surface area contributed by atoms with E-state index in [-0.39, 0.29) is 36.0 Å². The fraction of sp³-hybridized carbons (Fsp3) is 0.471. The Hall–Kier alpha value is -2.28. The predicted molar refractivity (Wildman–Crippen MR) is 86.2 cm³/mol. The first-order valence-corrected chi connectivity index (χ1v) is 8.27. The van der Waals surface area contributed by atoms with Gasteiger partial charge in [0, 0.05) is 18.6 Å². The first-order chi connectivity index (χ1) is 11.7. The minimum absolute atomic E-state index is 0.0408. The van der Waals surface area contributed by atoms with E-state index in [4.69, 9.17) is 0 Å². The van der Waals surface area contributed by atoms with E-state index in [1.165, 1.54) is 23.1 Å². The summed E-state index contributed by atoms with van der Waals surface area (Å²) in [4.78, 5) is 13.7. The third kappa shape index (κ3) is 3.79. The summed E-state index contributed by atoms with van der Waals surface area (Å²) >= 11 is 0. The number of rotatable bonds is 4. The molecule has 0 aliphatic heterocycles. The number of hydrogen-bond acceptors (Lipinski definition) is 4. The molecule has 24 heavy (non-hydrogen) atoms. The van der Waals surface area contributed by atoms with E-state index in [0.29, 0.717) is 5.69 Å². The van der Waals surface area contributed by atoms with Gasteiger partial charge in [0.25, 0.3) is 5.91 Å². The number of benzene rings is 1. The molecule has 2 aromatic rings. The second-order valence-electron chi connectivity index (χ2n) is 6.16. The van der Waals surface area contributed by atoms with Crippen molar-refractivity contribution in [3.8, 4) is 5.69 Å². The lowest BCUT2D eigenvalue weighted by molar-refractivity contribution is 0.0894. The number of aliphatic hydroxyl groups excluding tert-OH is 1. The molecular weight excluding hydrogens is 311 g/mol. The van der Waals surface area contributed by atoms with Crippen LogP contribution in [0, 0.1) is 11.7 Å². The summed E-state index contributed by atoms with van der Waals surface area (Å²) in [5.41, 5.74) is 0.790. The second kappa shape index (κ2) is 7.53. The zero-order chi connectivity index (χ0) is 16.9. The molecule has 0 radical (unpaired) electrons. The number of carbonyl (C=O) groups is 1. The highest BCUT2D eigenvalue weighted by molar-refractivity contribution is 5.92. The fourth-order valence-corrected chi connectivity index (χ4v) is 3.10. The molecular formula is C17H21FN4O2. The van der Waals surface area contributed by atoms with Gasteiger partial charge in [0.15, 0.2) is 5.69 Å². The van der Waals surface area contributed by atoms with Gasteiger partial charge in [0.1, 0.15) is 5.82 Å². The standard InChI is InChI=1S/C17H21FN4O2/c18-13-6-8-14(9-7-13)22-19-10-16(21-22)17(24)20-15-5-3-1-2-4-12(15)11-23/h6-10,12,15,23H,1-5,11H2,(H,20,24). The summed E-state index contributed by atoms with van der Waals surface area (Å²) in [6.07, 6.45) is 6.43. The molecule has 2 N–H and O–H groups in total. The second-order valence-corrected chi connectivity index (χ2v) is 6.16. The van der Waals surface area contributed by atoms with Crippen LogP contribution in [0.5, 0.6) is 0 Å². The van der Waals surface area contributed by atoms with Crippen molar-refractivity contribution in [2.75, 3.05) is 6.61 Å². The number of aliphatic hydroxyl groups is 1. The first-order valence-electron chi connectivity index (χ1n) is 8.27. The molecule has 1 amide bonds. The lowest BCUT2D eigenvalue weighted by Crippen LogP contribution is -2.41. The van der Waals surface area contributed by atoms with Crippen LogP contribution in [-0.4, -0.2) is 38.7 Å². The summed E-state index contributed by atoms with van der Waals surface area (Å²) in [6.45, 7) is 0.0766. The number of nitrogens with zero attached hydrogens (tertiary/aromatic N) is 3. The zero-order valence-corrected chi connectivity index (χ0v) is 13.4. The summed E-state index contributed by atoms with van der Waals surface area (Å²) in [6, 6.07) is 5.68. The predicted octanol–water partition coefficient (Wildman–Crippen LogP) is 2.08. The third-order valence-corrected chi connectivity index (χ3v) is 4.49. The van der Waals surface area contributed by atoms with Crippen LogP contribution in [0.3, 0.4) is 0 Å². The molecule has 0 saturated heterocycles. The van der Waals surface area contributed by atoms with Gasteiger partial charge >= 0.3 is 0 Å². The van der Waals surface area contributed by atoms with Gasteiger partial charge in [-0.3, -0.25) is 4.79 Å². The quantitative estimate of drug-likeness (QED) is 0.840. The molecule has 1 heterocycles. The molecule has 1 aromatic carbocycles. The van der Waals surface area contributed by atoms with Gasteiger partial charge in [-0.2, -0.15) is 9.90 Å². The summed E-state index contributed by atoms with van der Waals surface area (Å²) < 4.78 is 13.0. The molecule has 3 rings (SSSR count). The number of hydrogen-bond donors (Lipinski definition) is 2. The summed E-state index contributed by atoms with van der Waals surface area (Å²) in [7, 11) is 0. The number of nitrogens with one attached hydrogen (secondary N) is 1. The van der Waals surface area contributed by atoms with Crippen LogP contribution in [0.25, 0.3) is 5.69 Å². The normalized spacial score (nSPS) is 21.2. The number of halogens is 1. The van der Waals surface area contributed by atoms with Crippen molar-refractivity contribution in [1.82, 2.24) is 20.3 Å². The Labute approximate surface area is 139 Å². The minimum atomic E-state index is -0.340. The Morgan fingerprint density at radius 2 is 2.00 bits per heavy atom. The highest BCUT2D eigenvalue weighted by atomic mass is 19.1. The van der Waals surface area contributed by atoms with Crippen molar-refractivity contribution in [3.63, 3.8) is 0 Å². The van der Waals surface area contributed by atoms with Gasteiger partial charge < -0.3 is 10.4 Å². The Morgan fingerprint density at radius 3 is 2.75 bits per heavy atom. The van der Waals surface area contributed by atoms with Crippen molar-refractivity contribution in [2.45, 2.75) is 38.1 Å². The monoisotopic (exact) mass is 332 g/mol. The first kappa shape index (κ1) is 16.6. The molecule has 0 spiro atoms. The third-order valence-electron chi connectivity index (χ3n) is 4.49. The van der Waals surface area contributed by atoms with E-state index in [1.807, 2.05) is 0 Å². The van der Waals surface area contributed by atoms with E-state index in [0.717, 1.165) is 32.1 Å². The lowest BCUT2D eigenvalue weighted by Gasteiger charge is -2.23. The molecule has 2 unspecified atom stereocenters. The van der Waals surface area contributed by atoms with Crippen LogP contribution in [0.4, 0.5) is 4.39 Å². The molecule has 0 bridgehead atoms. The van der Waals surface area contributed by atoms with Crippen molar-refractivity contribution in [1.29, 1.82) is 0 Å². The Balaban J connectivity index is 1.70. The molecule has 6 nitrogen and oxygen atoms in total. The average molecular weight is 332 g/mol. The minimum Gasteiger partial charge on any atom is -0.396 e. The molecule has 1 aliphatic rings. The van der Waals surface area contributed by atoms with Crippen molar-refractivity contribution in [3.05, 3.63) is 42.0 Å². The Bertz CT molecular complexity index is 686. The van der Waals surface area contributed by atoms with Gasteiger partial charge in [-0.25, -0.2) is 4.39 Å². The van der Waals surface area contributed by atoms with Crippen LogP contribution in [0.15, 0.2) is 30.5 Å². The Kier molecular flexibility index (Phi) is 5.20. The van der Waals surface area contributed by atoms with E-state index < -0.39 is 0 Å². The van der Waals surface area contributed by atoms with E-state index in [9.17, 15) is 14.3 Å². The molecule has 1 aliphatic carbocycles. The summed E-state index contributed by atoms with van der Waals surface area (Å²) in [5.74, 6) is -0.551. The fourth-order valence-electron chi connectivity index (χ4n) is 3.10. The molecule has 1 aromatic heterocycles. The van der Waals surface area contributed by atoms with Crippen LogP contribution in [-0.2, 0) is 0 Å².